The van der Waals surface area contributed by atoms with Crippen molar-refractivity contribution in [3.05, 3.63) is 10.6 Å². The van der Waals surface area contributed by atoms with Gasteiger partial charge in [0.2, 0.25) is 5.79 Å². The van der Waals surface area contributed by atoms with Gasteiger partial charge in [-0.15, -0.1) is 0 Å². The molecule has 5 nitrogen and oxygen atoms in total. The van der Waals surface area contributed by atoms with Gasteiger partial charge < -0.3 is 23.7 Å². The summed E-state index contributed by atoms with van der Waals surface area (Å²) in [7, 11) is 0. The lowest BCUT2D eigenvalue weighted by Gasteiger charge is -2.38. The fourth-order valence-corrected chi connectivity index (χ4v) is 3.33. The van der Waals surface area contributed by atoms with Crippen LogP contribution >= 0.6 is 23.2 Å². The SMILES string of the molecule is CC1(C)O[C@@H]2[C@@H](CO[C@@]3(C=C(Cl)Cl)OC(C)(C)O[C@@H]23)O1. The van der Waals surface area contributed by atoms with Gasteiger partial charge in [-0.3, -0.25) is 0 Å². The molecule has 3 saturated heterocycles. The molecule has 0 aromatic carbocycles. The van der Waals surface area contributed by atoms with Gasteiger partial charge in [-0.25, -0.2) is 0 Å². The van der Waals surface area contributed by atoms with Crippen LogP contribution in [0.5, 0.6) is 0 Å². The number of fused-ring (bicyclic) bond motifs is 3. The molecule has 0 unspecified atom stereocenters. The molecule has 3 fully saturated rings. The van der Waals surface area contributed by atoms with Crippen LogP contribution in [0.15, 0.2) is 10.6 Å². The van der Waals surface area contributed by atoms with Gasteiger partial charge in [-0.1, -0.05) is 23.2 Å². The van der Waals surface area contributed by atoms with Crippen LogP contribution in [-0.2, 0) is 23.7 Å². The smallest absolute Gasteiger partial charge is 0.223 e. The summed E-state index contributed by atoms with van der Waals surface area (Å²) in [5.74, 6) is -2.65. The predicted octanol–water partition coefficient (Wildman–Crippen LogP) is 2.70. The van der Waals surface area contributed by atoms with Crippen molar-refractivity contribution in [2.24, 2.45) is 0 Å². The molecule has 20 heavy (non-hydrogen) atoms. The van der Waals surface area contributed by atoms with Gasteiger partial charge in [-0.2, -0.15) is 0 Å². The molecular formula is C13H18Cl2O5. The minimum Gasteiger partial charge on any atom is -0.342 e. The minimum atomic E-state index is -1.15. The first-order valence-corrected chi connectivity index (χ1v) is 7.30. The highest BCUT2D eigenvalue weighted by atomic mass is 35.5. The Kier molecular flexibility index (Phi) is 3.42. The van der Waals surface area contributed by atoms with Crippen molar-refractivity contribution in [3.63, 3.8) is 0 Å². The maximum atomic E-state index is 5.95. The van der Waals surface area contributed by atoms with Gasteiger partial charge in [0.05, 0.1) is 6.61 Å². The predicted molar refractivity (Wildman–Crippen MR) is 72.3 cm³/mol. The van der Waals surface area contributed by atoms with Gasteiger partial charge in [0.15, 0.2) is 11.6 Å². The second-order valence-corrected chi connectivity index (χ2v) is 7.15. The van der Waals surface area contributed by atoms with E-state index < -0.39 is 23.5 Å². The number of hydrogen-bond donors (Lipinski definition) is 0. The fraction of sp³-hybridized carbons (Fsp3) is 0.846. The number of hydrogen-bond acceptors (Lipinski definition) is 5. The van der Waals surface area contributed by atoms with E-state index in [1.165, 1.54) is 6.08 Å². The standard InChI is InChI=1S/C13H18Cl2O5/c1-11(2)17-7-6-16-13(5-8(14)15)10(9(7)18-11)19-12(3,4)20-13/h5,7,9-10H,6H2,1-4H3/t7-,9-,10+,13+/m1/s1. The van der Waals surface area contributed by atoms with Crippen molar-refractivity contribution >= 4 is 23.2 Å². The normalized spacial score (nSPS) is 44.8. The van der Waals surface area contributed by atoms with E-state index in [-0.39, 0.29) is 16.7 Å². The number of ether oxygens (including phenoxy) is 5. The van der Waals surface area contributed by atoms with E-state index in [2.05, 4.69) is 0 Å². The molecule has 0 N–H and O–H groups in total. The Labute approximate surface area is 128 Å². The van der Waals surface area contributed by atoms with Crippen molar-refractivity contribution in [1.29, 1.82) is 0 Å². The highest BCUT2D eigenvalue weighted by molar-refractivity contribution is 6.55. The highest BCUT2D eigenvalue weighted by Crippen LogP contribution is 2.48. The van der Waals surface area contributed by atoms with Crippen LogP contribution in [0, 0.1) is 0 Å². The molecule has 114 valence electrons. The molecule has 3 heterocycles. The van der Waals surface area contributed by atoms with E-state index in [0.717, 1.165) is 0 Å². The average molecular weight is 325 g/mol. The monoisotopic (exact) mass is 324 g/mol. The van der Waals surface area contributed by atoms with Gasteiger partial charge in [0, 0.05) is 6.08 Å². The lowest BCUT2D eigenvalue weighted by molar-refractivity contribution is -0.253. The molecule has 7 heteroatoms. The Balaban J connectivity index is 1.96. The summed E-state index contributed by atoms with van der Waals surface area (Å²) in [6.07, 6.45) is 0.513. The van der Waals surface area contributed by atoms with Gasteiger partial charge in [0.25, 0.3) is 0 Å². The molecule has 0 amide bonds. The van der Waals surface area contributed by atoms with Crippen molar-refractivity contribution in [2.45, 2.75) is 63.4 Å². The lowest BCUT2D eigenvalue weighted by Crippen LogP contribution is -2.57. The molecule has 3 rings (SSSR count). The van der Waals surface area contributed by atoms with Gasteiger partial charge in [0.1, 0.15) is 22.8 Å². The third kappa shape index (κ3) is 2.50. The van der Waals surface area contributed by atoms with Crippen LogP contribution in [0.2, 0.25) is 0 Å². The van der Waals surface area contributed by atoms with Crippen LogP contribution < -0.4 is 0 Å². The van der Waals surface area contributed by atoms with Crippen LogP contribution in [0.25, 0.3) is 0 Å². The van der Waals surface area contributed by atoms with Gasteiger partial charge in [-0.05, 0) is 27.7 Å². The lowest BCUT2D eigenvalue weighted by atomic mass is 9.97. The summed E-state index contributed by atoms with van der Waals surface area (Å²) in [5, 5.41) is 0. The second-order valence-electron chi connectivity index (χ2n) is 6.15. The Hall–Kier alpha value is 0.120. The van der Waals surface area contributed by atoms with Crippen molar-refractivity contribution in [1.82, 2.24) is 0 Å². The Morgan fingerprint density at radius 3 is 2.40 bits per heavy atom. The molecule has 0 aromatic heterocycles. The minimum absolute atomic E-state index is 0.0629. The highest BCUT2D eigenvalue weighted by Gasteiger charge is 2.64. The quantitative estimate of drug-likeness (QED) is 0.742. The van der Waals surface area contributed by atoms with E-state index in [4.69, 9.17) is 46.9 Å². The molecule has 3 aliphatic heterocycles. The molecule has 0 spiro atoms. The molecule has 0 aliphatic carbocycles. The summed E-state index contributed by atoms with van der Waals surface area (Å²) >= 11 is 11.6. The third-order valence-corrected chi connectivity index (χ3v) is 3.73. The summed E-state index contributed by atoms with van der Waals surface area (Å²) in [5.41, 5.74) is 0. The first-order valence-electron chi connectivity index (χ1n) is 6.54. The Bertz CT molecular complexity index is 446. The average Bonchev–Trinajstić information content (AvgIpc) is 2.69. The summed E-state index contributed by atoms with van der Waals surface area (Å²) in [6.45, 7) is 7.66. The summed E-state index contributed by atoms with van der Waals surface area (Å²) in [6, 6.07) is 0. The van der Waals surface area contributed by atoms with E-state index in [0.29, 0.717) is 6.61 Å². The zero-order valence-electron chi connectivity index (χ0n) is 11.8. The number of halogens is 2. The van der Waals surface area contributed by atoms with Crippen LogP contribution in [0.3, 0.4) is 0 Å². The first-order chi connectivity index (χ1) is 9.13. The van der Waals surface area contributed by atoms with Gasteiger partial charge >= 0.3 is 0 Å². The largest absolute Gasteiger partial charge is 0.342 e. The van der Waals surface area contributed by atoms with Crippen LogP contribution in [-0.4, -0.2) is 42.3 Å². The van der Waals surface area contributed by atoms with E-state index in [9.17, 15) is 0 Å². The first kappa shape index (κ1) is 15.0. The number of rotatable bonds is 1. The topological polar surface area (TPSA) is 46.2 Å². The van der Waals surface area contributed by atoms with E-state index in [1.54, 1.807) is 0 Å². The molecule has 0 aromatic rings. The maximum absolute atomic E-state index is 5.95. The zero-order valence-corrected chi connectivity index (χ0v) is 13.3. The van der Waals surface area contributed by atoms with Crippen molar-refractivity contribution in [3.8, 4) is 0 Å². The molecular weight excluding hydrogens is 307 g/mol. The zero-order chi connectivity index (χ0) is 14.8. The molecule has 4 atom stereocenters. The second kappa shape index (κ2) is 4.56. The third-order valence-electron chi connectivity index (χ3n) is 3.52. The molecule has 0 radical (unpaired) electrons. The van der Waals surface area contributed by atoms with Crippen molar-refractivity contribution in [2.75, 3.05) is 6.61 Å². The summed E-state index contributed by atoms with van der Waals surface area (Å²) in [4.78, 5) is 0. The van der Waals surface area contributed by atoms with Crippen LogP contribution in [0.1, 0.15) is 27.7 Å². The van der Waals surface area contributed by atoms with Crippen molar-refractivity contribution < 1.29 is 23.7 Å². The van der Waals surface area contributed by atoms with Crippen LogP contribution in [0.4, 0.5) is 0 Å². The molecule has 3 aliphatic rings. The van der Waals surface area contributed by atoms with E-state index >= 15 is 0 Å². The fourth-order valence-electron chi connectivity index (χ4n) is 3.03. The summed E-state index contributed by atoms with van der Waals surface area (Å²) < 4.78 is 29.5. The molecule has 0 bridgehead atoms. The van der Waals surface area contributed by atoms with E-state index in [1.807, 2.05) is 27.7 Å². The Morgan fingerprint density at radius 2 is 1.75 bits per heavy atom. The Morgan fingerprint density at radius 1 is 1.05 bits per heavy atom. The molecule has 0 saturated carbocycles. The maximum Gasteiger partial charge on any atom is 0.223 e.